The minimum absolute atomic E-state index is 0.101. The predicted octanol–water partition coefficient (Wildman–Crippen LogP) is 2.30. The molecular weight excluding hydrogens is 366 g/mol. The van der Waals surface area contributed by atoms with Gasteiger partial charge in [0.15, 0.2) is 5.96 Å². The first-order chi connectivity index (χ1) is 13.3. The molecule has 0 aliphatic carbocycles. The predicted molar refractivity (Wildman–Crippen MR) is 106 cm³/mol. The summed E-state index contributed by atoms with van der Waals surface area (Å²) in [7, 11) is 7.54. The molecule has 7 nitrogen and oxygen atoms in total. The molecular formula is C19H28F2N6O. The number of ether oxygens (including phenoxy) is 1. The van der Waals surface area contributed by atoms with Gasteiger partial charge in [0.2, 0.25) is 0 Å². The molecule has 0 aliphatic heterocycles. The summed E-state index contributed by atoms with van der Waals surface area (Å²) in [6.07, 6.45) is 3.81. The molecule has 0 saturated heterocycles. The third kappa shape index (κ3) is 6.19. The van der Waals surface area contributed by atoms with Crippen molar-refractivity contribution in [3.05, 3.63) is 47.3 Å². The Hall–Kier alpha value is -2.68. The van der Waals surface area contributed by atoms with E-state index in [-0.39, 0.29) is 11.8 Å². The second-order valence-electron chi connectivity index (χ2n) is 6.72. The summed E-state index contributed by atoms with van der Waals surface area (Å²) in [6, 6.07) is 5.21. The van der Waals surface area contributed by atoms with Crippen LogP contribution in [0.15, 0.2) is 35.6 Å². The molecule has 0 fully saturated rings. The van der Waals surface area contributed by atoms with Crippen LogP contribution in [0, 0.1) is 6.92 Å². The quantitative estimate of drug-likeness (QED) is 0.531. The standard InChI is InChI=1S/C19H28F2N6O/c1-13-6-7-17(28-18(20)21)14(8-13)9-23-19(22-2)24-11-16(26(3)4)15-10-25-27(5)12-15/h6-8,10,12,16,18H,9,11H2,1-5H3,(H2,22,23,24). The zero-order valence-electron chi connectivity index (χ0n) is 16.9. The number of alkyl halides is 2. The van der Waals surface area contributed by atoms with E-state index < -0.39 is 6.61 Å². The number of hydrogen-bond donors (Lipinski definition) is 2. The Morgan fingerprint density at radius 1 is 1.32 bits per heavy atom. The molecule has 0 amide bonds. The Labute approximate surface area is 164 Å². The highest BCUT2D eigenvalue weighted by molar-refractivity contribution is 5.79. The molecule has 9 heteroatoms. The van der Waals surface area contributed by atoms with Crippen LogP contribution in [0.25, 0.3) is 0 Å². The zero-order valence-corrected chi connectivity index (χ0v) is 16.9. The van der Waals surface area contributed by atoms with Gasteiger partial charge in [0, 0.05) is 44.5 Å². The van der Waals surface area contributed by atoms with Gasteiger partial charge in [0.25, 0.3) is 0 Å². The van der Waals surface area contributed by atoms with Crippen LogP contribution in [0.4, 0.5) is 8.78 Å². The third-order valence-corrected chi connectivity index (χ3v) is 4.30. The number of nitrogens with one attached hydrogen (secondary N) is 2. The molecule has 0 saturated carbocycles. The number of benzene rings is 1. The van der Waals surface area contributed by atoms with Crippen LogP contribution in [0.5, 0.6) is 5.75 Å². The van der Waals surface area contributed by atoms with Crippen LogP contribution < -0.4 is 15.4 Å². The molecule has 2 N–H and O–H groups in total. The maximum absolute atomic E-state index is 12.6. The molecule has 1 aromatic heterocycles. The first-order valence-electron chi connectivity index (χ1n) is 8.94. The second-order valence-corrected chi connectivity index (χ2v) is 6.72. The molecule has 0 aliphatic rings. The number of aryl methyl sites for hydroxylation is 2. The average molecular weight is 394 g/mol. The van der Waals surface area contributed by atoms with Crippen LogP contribution >= 0.6 is 0 Å². The highest BCUT2D eigenvalue weighted by atomic mass is 19.3. The van der Waals surface area contributed by atoms with Gasteiger partial charge >= 0.3 is 6.61 Å². The summed E-state index contributed by atoms with van der Waals surface area (Å²) in [5, 5.41) is 10.7. The fourth-order valence-corrected chi connectivity index (χ4v) is 2.86. The lowest BCUT2D eigenvalue weighted by molar-refractivity contribution is -0.0504. The van der Waals surface area contributed by atoms with Crippen molar-refractivity contribution < 1.29 is 13.5 Å². The summed E-state index contributed by atoms with van der Waals surface area (Å²) >= 11 is 0. The number of rotatable bonds is 8. The van der Waals surface area contributed by atoms with Crippen molar-refractivity contribution >= 4 is 5.96 Å². The van der Waals surface area contributed by atoms with Crippen molar-refractivity contribution in [3.8, 4) is 5.75 Å². The molecule has 2 aromatic rings. The number of likely N-dealkylation sites (N-methyl/N-ethyl adjacent to an activating group) is 1. The van der Waals surface area contributed by atoms with Gasteiger partial charge in [-0.15, -0.1) is 0 Å². The second kappa shape index (κ2) is 10.0. The van der Waals surface area contributed by atoms with E-state index >= 15 is 0 Å². The van der Waals surface area contributed by atoms with Crippen molar-refractivity contribution in [1.29, 1.82) is 0 Å². The van der Waals surface area contributed by atoms with Gasteiger partial charge in [0.1, 0.15) is 5.75 Å². The molecule has 1 aromatic carbocycles. The third-order valence-electron chi connectivity index (χ3n) is 4.30. The van der Waals surface area contributed by atoms with E-state index in [1.807, 2.05) is 46.5 Å². The highest BCUT2D eigenvalue weighted by Crippen LogP contribution is 2.22. The molecule has 28 heavy (non-hydrogen) atoms. The molecule has 1 heterocycles. The molecule has 2 rings (SSSR count). The molecule has 0 radical (unpaired) electrons. The van der Waals surface area contributed by atoms with Crippen LogP contribution in [-0.2, 0) is 13.6 Å². The minimum atomic E-state index is -2.86. The molecule has 0 spiro atoms. The van der Waals surface area contributed by atoms with Crippen molar-refractivity contribution in [1.82, 2.24) is 25.3 Å². The van der Waals surface area contributed by atoms with Crippen molar-refractivity contribution in [3.63, 3.8) is 0 Å². The average Bonchev–Trinajstić information content (AvgIpc) is 3.05. The van der Waals surface area contributed by atoms with E-state index in [9.17, 15) is 8.78 Å². The van der Waals surface area contributed by atoms with Crippen molar-refractivity contribution in [2.24, 2.45) is 12.0 Å². The lowest BCUT2D eigenvalue weighted by atomic mass is 10.1. The van der Waals surface area contributed by atoms with Crippen molar-refractivity contribution in [2.45, 2.75) is 26.1 Å². The Bertz CT molecular complexity index is 790. The maximum atomic E-state index is 12.6. The van der Waals surface area contributed by atoms with Crippen LogP contribution in [0.3, 0.4) is 0 Å². The fourth-order valence-electron chi connectivity index (χ4n) is 2.86. The van der Waals surface area contributed by atoms with E-state index in [2.05, 4.69) is 30.4 Å². The molecule has 154 valence electrons. The van der Waals surface area contributed by atoms with Gasteiger partial charge in [-0.25, -0.2) is 0 Å². The smallest absolute Gasteiger partial charge is 0.387 e. The van der Waals surface area contributed by atoms with Crippen LogP contribution in [0.1, 0.15) is 22.7 Å². The summed E-state index contributed by atoms with van der Waals surface area (Å²) < 4.78 is 31.6. The van der Waals surface area contributed by atoms with Gasteiger partial charge in [0.05, 0.1) is 12.2 Å². The fraction of sp³-hybridized carbons (Fsp3) is 0.474. The van der Waals surface area contributed by atoms with E-state index in [1.165, 1.54) is 0 Å². The Morgan fingerprint density at radius 3 is 2.64 bits per heavy atom. The topological polar surface area (TPSA) is 66.7 Å². The van der Waals surface area contributed by atoms with Crippen molar-refractivity contribution in [2.75, 3.05) is 27.7 Å². The Morgan fingerprint density at radius 2 is 2.07 bits per heavy atom. The first kappa shape index (κ1) is 21.6. The van der Waals surface area contributed by atoms with Gasteiger partial charge < -0.3 is 20.3 Å². The maximum Gasteiger partial charge on any atom is 0.387 e. The molecule has 1 unspecified atom stereocenters. The van der Waals surface area contributed by atoms with Gasteiger partial charge in [-0.2, -0.15) is 13.9 Å². The van der Waals surface area contributed by atoms with Gasteiger partial charge in [-0.3, -0.25) is 9.67 Å². The number of halogens is 2. The number of nitrogens with zero attached hydrogens (tertiary/aromatic N) is 4. The summed E-state index contributed by atoms with van der Waals surface area (Å²) in [4.78, 5) is 6.30. The number of guanidine groups is 1. The highest BCUT2D eigenvalue weighted by Gasteiger charge is 2.16. The lowest BCUT2D eigenvalue weighted by Gasteiger charge is -2.24. The van der Waals surface area contributed by atoms with E-state index in [1.54, 1.807) is 23.9 Å². The SMILES string of the molecule is CN=C(NCc1cc(C)ccc1OC(F)F)NCC(c1cnn(C)c1)N(C)C. The van der Waals surface area contributed by atoms with E-state index in [0.717, 1.165) is 11.1 Å². The van der Waals surface area contributed by atoms with Gasteiger partial charge in [-0.05, 0) is 27.1 Å². The normalized spacial score (nSPS) is 13.1. The van der Waals surface area contributed by atoms with Crippen LogP contribution in [0.2, 0.25) is 0 Å². The lowest BCUT2D eigenvalue weighted by Crippen LogP contribution is -2.41. The Balaban J connectivity index is 2.00. The van der Waals surface area contributed by atoms with E-state index in [0.29, 0.717) is 24.6 Å². The monoisotopic (exact) mass is 394 g/mol. The van der Waals surface area contributed by atoms with E-state index in [4.69, 9.17) is 0 Å². The summed E-state index contributed by atoms with van der Waals surface area (Å²) in [6.45, 7) is -0.0485. The largest absolute Gasteiger partial charge is 0.434 e. The number of aliphatic imine (C=N–C) groups is 1. The van der Waals surface area contributed by atoms with Crippen LogP contribution in [-0.4, -0.2) is 54.9 Å². The first-order valence-corrected chi connectivity index (χ1v) is 8.94. The molecule has 0 bridgehead atoms. The van der Waals surface area contributed by atoms with Gasteiger partial charge in [-0.1, -0.05) is 17.7 Å². The molecule has 1 atom stereocenters. The Kier molecular flexibility index (Phi) is 7.74. The minimum Gasteiger partial charge on any atom is -0.434 e. The number of aromatic nitrogens is 2. The summed E-state index contributed by atoms with van der Waals surface area (Å²) in [5.41, 5.74) is 2.69. The zero-order chi connectivity index (χ0) is 20.7. The number of hydrogen-bond acceptors (Lipinski definition) is 4. The summed E-state index contributed by atoms with van der Waals surface area (Å²) in [5.74, 6) is 0.727.